The summed E-state index contributed by atoms with van der Waals surface area (Å²) < 4.78 is 10.6. The van der Waals surface area contributed by atoms with Crippen LogP contribution in [0.15, 0.2) is 0 Å². The third-order valence-electron chi connectivity index (χ3n) is 2.53. The molecule has 0 spiro atoms. The first kappa shape index (κ1) is 14.7. The molecular formula is C11H21N3O4. The summed E-state index contributed by atoms with van der Waals surface area (Å²) in [5, 5.41) is 0. The zero-order valence-corrected chi connectivity index (χ0v) is 11.2. The molecule has 0 aliphatic carbocycles. The topological polar surface area (TPSA) is 93.9 Å². The lowest BCUT2D eigenvalue weighted by Gasteiger charge is -2.38. The normalized spacial score (nSPS) is 24.6. The van der Waals surface area contributed by atoms with Gasteiger partial charge in [0.1, 0.15) is 11.6 Å². The van der Waals surface area contributed by atoms with Crippen LogP contribution in [0.2, 0.25) is 0 Å². The number of morpholine rings is 1. The van der Waals surface area contributed by atoms with Crippen LogP contribution in [0.3, 0.4) is 0 Å². The number of hydrazine groups is 1. The predicted molar refractivity (Wildman–Crippen MR) is 64.5 cm³/mol. The molecule has 1 aliphatic heterocycles. The highest BCUT2D eigenvalue weighted by Gasteiger charge is 2.39. The summed E-state index contributed by atoms with van der Waals surface area (Å²) in [6.45, 7) is 7.70. The van der Waals surface area contributed by atoms with Crippen LogP contribution in [0.5, 0.6) is 0 Å². The van der Waals surface area contributed by atoms with Crippen LogP contribution in [-0.4, -0.2) is 47.8 Å². The van der Waals surface area contributed by atoms with Gasteiger partial charge in [0.25, 0.3) is 5.91 Å². The highest BCUT2D eigenvalue weighted by molar-refractivity contribution is 5.86. The quantitative estimate of drug-likeness (QED) is 0.393. The SMILES string of the molecule is CC1OCCN(C(=O)OC(C)(C)C)C1C(=O)NN. The van der Waals surface area contributed by atoms with Gasteiger partial charge in [0.2, 0.25) is 0 Å². The van der Waals surface area contributed by atoms with Crippen molar-refractivity contribution >= 4 is 12.0 Å². The first-order valence-corrected chi connectivity index (χ1v) is 5.88. The number of nitrogens with zero attached hydrogens (tertiary/aromatic N) is 1. The monoisotopic (exact) mass is 259 g/mol. The Bertz CT molecular complexity index is 327. The number of hydrogen-bond acceptors (Lipinski definition) is 5. The summed E-state index contributed by atoms with van der Waals surface area (Å²) in [5.41, 5.74) is 1.44. The van der Waals surface area contributed by atoms with Gasteiger partial charge in [-0.05, 0) is 27.7 Å². The lowest BCUT2D eigenvalue weighted by Crippen LogP contribution is -2.60. The molecule has 1 heterocycles. The third kappa shape index (κ3) is 3.58. The van der Waals surface area contributed by atoms with E-state index < -0.39 is 29.7 Å². The Morgan fingerprint density at radius 1 is 1.44 bits per heavy atom. The van der Waals surface area contributed by atoms with Gasteiger partial charge in [-0.25, -0.2) is 10.6 Å². The molecule has 7 heteroatoms. The van der Waals surface area contributed by atoms with Crippen LogP contribution in [0.1, 0.15) is 27.7 Å². The Kier molecular flexibility index (Phi) is 4.53. The number of amides is 2. The van der Waals surface area contributed by atoms with Crippen LogP contribution in [0, 0.1) is 0 Å². The summed E-state index contributed by atoms with van der Waals surface area (Å²) in [5.74, 6) is 4.66. The molecule has 1 rings (SSSR count). The van der Waals surface area contributed by atoms with E-state index >= 15 is 0 Å². The minimum atomic E-state index is -0.765. The fourth-order valence-electron chi connectivity index (χ4n) is 1.79. The van der Waals surface area contributed by atoms with Gasteiger partial charge in [0.05, 0.1) is 12.7 Å². The molecule has 0 saturated carbocycles. The number of hydrogen-bond donors (Lipinski definition) is 2. The highest BCUT2D eigenvalue weighted by Crippen LogP contribution is 2.18. The summed E-state index contributed by atoms with van der Waals surface area (Å²) in [4.78, 5) is 25.1. The number of carbonyl (C=O) groups excluding carboxylic acids is 2. The van der Waals surface area contributed by atoms with E-state index in [1.807, 2.05) is 5.43 Å². The molecule has 0 aromatic carbocycles. The molecule has 7 nitrogen and oxygen atoms in total. The molecule has 1 fully saturated rings. The van der Waals surface area contributed by atoms with E-state index in [0.717, 1.165) is 0 Å². The standard InChI is InChI=1S/C11H21N3O4/c1-7-8(9(15)13-12)14(5-6-17-7)10(16)18-11(2,3)4/h7-8H,5-6,12H2,1-4H3,(H,13,15). The maximum atomic E-state index is 12.0. The van der Waals surface area contributed by atoms with E-state index in [1.54, 1.807) is 27.7 Å². The minimum absolute atomic E-state index is 0.303. The van der Waals surface area contributed by atoms with Gasteiger partial charge in [0.15, 0.2) is 0 Å². The van der Waals surface area contributed by atoms with Crippen molar-refractivity contribution in [2.75, 3.05) is 13.2 Å². The van der Waals surface area contributed by atoms with Crippen molar-refractivity contribution in [1.29, 1.82) is 0 Å². The van der Waals surface area contributed by atoms with Crippen molar-refractivity contribution in [2.24, 2.45) is 5.84 Å². The van der Waals surface area contributed by atoms with Crippen molar-refractivity contribution in [3.05, 3.63) is 0 Å². The zero-order valence-electron chi connectivity index (χ0n) is 11.2. The van der Waals surface area contributed by atoms with Gasteiger partial charge in [-0.1, -0.05) is 0 Å². The predicted octanol–water partition coefficient (Wildman–Crippen LogP) is 0.000700. The van der Waals surface area contributed by atoms with E-state index in [9.17, 15) is 9.59 Å². The maximum Gasteiger partial charge on any atom is 0.411 e. The number of rotatable bonds is 1. The first-order valence-electron chi connectivity index (χ1n) is 5.88. The molecule has 2 unspecified atom stereocenters. The van der Waals surface area contributed by atoms with Crippen LogP contribution >= 0.6 is 0 Å². The number of nitrogens with two attached hydrogens (primary N) is 1. The molecule has 2 amide bonds. The lowest BCUT2D eigenvalue weighted by atomic mass is 10.1. The summed E-state index contributed by atoms with van der Waals surface area (Å²) in [6.07, 6.45) is -0.957. The molecule has 1 saturated heterocycles. The van der Waals surface area contributed by atoms with Crippen molar-refractivity contribution in [2.45, 2.75) is 45.4 Å². The van der Waals surface area contributed by atoms with Gasteiger partial charge in [-0.2, -0.15) is 0 Å². The molecule has 0 aromatic heterocycles. The first-order chi connectivity index (χ1) is 8.26. The fraction of sp³-hybridized carbons (Fsp3) is 0.818. The maximum absolute atomic E-state index is 12.0. The second-order valence-electron chi connectivity index (χ2n) is 5.20. The smallest absolute Gasteiger partial charge is 0.411 e. The second kappa shape index (κ2) is 5.53. The van der Waals surface area contributed by atoms with E-state index in [-0.39, 0.29) is 0 Å². The van der Waals surface area contributed by atoms with Crippen LogP contribution in [-0.2, 0) is 14.3 Å². The number of ether oxygens (including phenoxy) is 2. The summed E-state index contributed by atoms with van der Waals surface area (Å²) >= 11 is 0. The fourth-order valence-corrected chi connectivity index (χ4v) is 1.79. The van der Waals surface area contributed by atoms with E-state index in [0.29, 0.717) is 13.2 Å². The molecule has 0 radical (unpaired) electrons. The highest BCUT2D eigenvalue weighted by atomic mass is 16.6. The Hall–Kier alpha value is -1.34. The van der Waals surface area contributed by atoms with E-state index in [2.05, 4.69) is 0 Å². The van der Waals surface area contributed by atoms with Crippen LogP contribution in [0.4, 0.5) is 4.79 Å². The largest absolute Gasteiger partial charge is 0.444 e. The van der Waals surface area contributed by atoms with Crippen LogP contribution in [0.25, 0.3) is 0 Å². The molecule has 2 atom stereocenters. The van der Waals surface area contributed by atoms with Gasteiger partial charge >= 0.3 is 6.09 Å². The molecule has 0 bridgehead atoms. The van der Waals surface area contributed by atoms with E-state index in [1.165, 1.54) is 4.90 Å². The van der Waals surface area contributed by atoms with Crippen molar-refractivity contribution in [3.8, 4) is 0 Å². The molecular weight excluding hydrogens is 238 g/mol. The molecule has 104 valence electrons. The molecule has 1 aliphatic rings. The minimum Gasteiger partial charge on any atom is -0.444 e. The zero-order chi connectivity index (χ0) is 13.9. The second-order valence-corrected chi connectivity index (χ2v) is 5.20. The lowest BCUT2D eigenvalue weighted by molar-refractivity contribution is -0.138. The van der Waals surface area contributed by atoms with Gasteiger partial charge < -0.3 is 9.47 Å². The van der Waals surface area contributed by atoms with E-state index in [4.69, 9.17) is 15.3 Å². The van der Waals surface area contributed by atoms with Gasteiger partial charge in [0, 0.05) is 6.54 Å². The van der Waals surface area contributed by atoms with Crippen molar-refractivity contribution < 1.29 is 19.1 Å². The Balaban J connectivity index is 2.82. The van der Waals surface area contributed by atoms with Gasteiger partial charge in [-0.3, -0.25) is 15.1 Å². The Morgan fingerprint density at radius 3 is 2.56 bits per heavy atom. The molecule has 0 aromatic rings. The summed E-state index contributed by atoms with van der Waals surface area (Å²) in [7, 11) is 0. The average molecular weight is 259 g/mol. The molecule has 18 heavy (non-hydrogen) atoms. The van der Waals surface area contributed by atoms with Crippen molar-refractivity contribution in [3.63, 3.8) is 0 Å². The summed E-state index contributed by atoms with van der Waals surface area (Å²) in [6, 6.07) is -0.765. The Labute approximate surface area is 107 Å². The third-order valence-corrected chi connectivity index (χ3v) is 2.53. The number of nitrogens with one attached hydrogen (secondary N) is 1. The molecule has 3 N–H and O–H groups in total. The Morgan fingerprint density at radius 2 is 2.06 bits per heavy atom. The van der Waals surface area contributed by atoms with Crippen molar-refractivity contribution in [1.82, 2.24) is 10.3 Å². The van der Waals surface area contributed by atoms with Crippen LogP contribution < -0.4 is 11.3 Å². The van der Waals surface area contributed by atoms with Gasteiger partial charge in [-0.15, -0.1) is 0 Å². The number of carbonyl (C=O) groups is 2. The average Bonchev–Trinajstić information content (AvgIpc) is 2.25.